The molecule has 0 saturated heterocycles. The van der Waals surface area contributed by atoms with Crippen LogP contribution in [-0.4, -0.2) is 46.3 Å². The van der Waals surface area contributed by atoms with Crippen molar-refractivity contribution in [3.05, 3.63) is 48.2 Å². The minimum Gasteiger partial charge on any atom is -0.459 e. The number of alkyl halides is 3. The molecule has 2 amide bonds. The Balaban J connectivity index is 1.52. The molecule has 0 radical (unpaired) electrons. The molecule has 30 heavy (non-hydrogen) atoms. The third-order valence-electron chi connectivity index (χ3n) is 3.77. The summed E-state index contributed by atoms with van der Waals surface area (Å²) in [5, 5.41) is 9.89. The Labute approximate surface area is 172 Å². The summed E-state index contributed by atoms with van der Waals surface area (Å²) < 4.78 is 49.5. The quantitative estimate of drug-likeness (QED) is 0.561. The van der Waals surface area contributed by atoms with Gasteiger partial charge in [-0.05, 0) is 24.3 Å². The Hall–Kier alpha value is -3.28. The molecule has 2 heterocycles. The summed E-state index contributed by atoms with van der Waals surface area (Å²) >= 11 is 0.958. The summed E-state index contributed by atoms with van der Waals surface area (Å²) in [4.78, 5) is 25.4. The average molecular weight is 440 g/mol. The number of amides is 2. The number of likely N-dealkylation sites (N-methyl/N-ethyl adjacent to an activating group) is 1. The van der Waals surface area contributed by atoms with Crippen LogP contribution in [0.4, 0.5) is 18.9 Å². The number of aromatic nitrogens is 2. The number of furan rings is 1. The summed E-state index contributed by atoms with van der Waals surface area (Å²) in [6.45, 7) is -0.424. The van der Waals surface area contributed by atoms with Crippen LogP contribution in [0.2, 0.25) is 0 Å². The molecule has 158 valence electrons. The number of hydrogen-bond donors (Lipinski definition) is 1. The molecule has 0 fully saturated rings. The van der Waals surface area contributed by atoms with Gasteiger partial charge in [0.05, 0.1) is 29.8 Å². The van der Waals surface area contributed by atoms with Crippen molar-refractivity contribution >= 4 is 29.3 Å². The number of nitrogens with one attached hydrogen (secondary N) is 1. The van der Waals surface area contributed by atoms with E-state index < -0.39 is 30.1 Å². The number of rotatable bonds is 7. The lowest BCUT2D eigenvalue weighted by Crippen LogP contribution is -2.36. The molecule has 0 bridgehead atoms. The van der Waals surface area contributed by atoms with Crippen LogP contribution >= 0.6 is 11.8 Å². The number of nitrogens with zero attached hydrogens (tertiary/aromatic N) is 3. The van der Waals surface area contributed by atoms with Crippen LogP contribution in [0, 0.1) is 0 Å². The molecule has 2 aromatic heterocycles. The average Bonchev–Trinajstić information content (AvgIpc) is 3.37. The maximum atomic E-state index is 13.0. The van der Waals surface area contributed by atoms with E-state index in [1.54, 1.807) is 12.1 Å². The molecule has 0 unspecified atom stereocenters. The number of benzene rings is 1. The first kappa shape index (κ1) is 21.4. The molecule has 0 aliphatic carbocycles. The first-order valence-corrected chi connectivity index (χ1v) is 9.43. The van der Waals surface area contributed by atoms with Crippen molar-refractivity contribution in [2.45, 2.75) is 11.4 Å². The zero-order valence-electron chi connectivity index (χ0n) is 15.5. The lowest BCUT2D eigenvalue weighted by atomic mass is 10.1. The van der Waals surface area contributed by atoms with Gasteiger partial charge in [0.1, 0.15) is 0 Å². The fourth-order valence-electron chi connectivity index (χ4n) is 2.33. The molecule has 0 saturated carbocycles. The highest BCUT2D eigenvalue weighted by atomic mass is 32.2. The van der Waals surface area contributed by atoms with E-state index in [0.717, 1.165) is 28.8 Å². The van der Waals surface area contributed by atoms with Gasteiger partial charge in [0.2, 0.25) is 11.8 Å². The van der Waals surface area contributed by atoms with Crippen LogP contribution in [0.15, 0.2) is 56.7 Å². The van der Waals surface area contributed by atoms with Gasteiger partial charge in [-0.15, -0.1) is 10.2 Å². The van der Waals surface area contributed by atoms with E-state index in [9.17, 15) is 22.8 Å². The van der Waals surface area contributed by atoms with E-state index >= 15 is 0 Å². The Morgan fingerprint density at radius 2 is 1.93 bits per heavy atom. The smallest absolute Gasteiger partial charge is 0.418 e. The molecule has 1 N–H and O–H groups in total. The van der Waals surface area contributed by atoms with Crippen molar-refractivity contribution in [1.29, 1.82) is 0 Å². The topological polar surface area (TPSA) is 101 Å². The van der Waals surface area contributed by atoms with Crippen LogP contribution in [0.25, 0.3) is 11.7 Å². The lowest BCUT2D eigenvalue weighted by molar-refractivity contribution is -0.137. The third-order valence-corrected chi connectivity index (χ3v) is 4.57. The van der Waals surface area contributed by atoms with E-state index in [4.69, 9.17) is 8.83 Å². The highest BCUT2D eigenvalue weighted by Crippen LogP contribution is 2.34. The van der Waals surface area contributed by atoms with Gasteiger partial charge in [-0.3, -0.25) is 9.59 Å². The van der Waals surface area contributed by atoms with E-state index in [-0.39, 0.29) is 22.6 Å². The van der Waals surface area contributed by atoms with Crippen LogP contribution in [0.1, 0.15) is 5.56 Å². The monoisotopic (exact) mass is 440 g/mol. The zero-order chi connectivity index (χ0) is 21.7. The summed E-state index contributed by atoms with van der Waals surface area (Å²) in [7, 11) is 1.36. The van der Waals surface area contributed by atoms with Crippen molar-refractivity contribution in [2.24, 2.45) is 0 Å². The fraction of sp³-hybridized carbons (Fsp3) is 0.222. The number of carbonyl (C=O) groups is 2. The minimum atomic E-state index is -4.61. The van der Waals surface area contributed by atoms with Gasteiger partial charge in [-0.2, -0.15) is 13.2 Å². The third kappa shape index (κ3) is 5.41. The maximum absolute atomic E-state index is 13.0. The molecule has 3 aromatic rings. The number of thioether (sulfide) groups is 1. The van der Waals surface area contributed by atoms with E-state index in [0.29, 0.717) is 5.76 Å². The first-order chi connectivity index (χ1) is 14.2. The van der Waals surface area contributed by atoms with Crippen molar-refractivity contribution in [2.75, 3.05) is 24.7 Å². The molecule has 8 nitrogen and oxygen atoms in total. The number of carbonyl (C=O) groups excluding carboxylic acids is 2. The van der Waals surface area contributed by atoms with Crippen LogP contribution in [-0.2, 0) is 15.8 Å². The Kier molecular flexibility index (Phi) is 6.45. The van der Waals surface area contributed by atoms with Gasteiger partial charge in [-0.25, -0.2) is 0 Å². The molecule has 1 aromatic carbocycles. The second kappa shape index (κ2) is 9.03. The number of anilines is 1. The molecular weight excluding hydrogens is 425 g/mol. The first-order valence-electron chi connectivity index (χ1n) is 8.44. The predicted octanol–water partition coefficient (Wildman–Crippen LogP) is 3.54. The highest BCUT2D eigenvalue weighted by Gasteiger charge is 2.33. The molecular formula is C18H15F3N4O4S. The molecule has 0 spiro atoms. The van der Waals surface area contributed by atoms with Crippen molar-refractivity contribution < 1.29 is 31.6 Å². The Morgan fingerprint density at radius 1 is 1.17 bits per heavy atom. The molecule has 0 atom stereocenters. The lowest BCUT2D eigenvalue weighted by Gasteiger charge is -2.18. The normalized spacial score (nSPS) is 11.3. The summed E-state index contributed by atoms with van der Waals surface area (Å²) in [6.07, 6.45) is -3.16. The summed E-state index contributed by atoms with van der Waals surface area (Å²) in [5.41, 5.74) is -1.34. The summed E-state index contributed by atoms with van der Waals surface area (Å²) in [6, 6.07) is 7.89. The largest absolute Gasteiger partial charge is 0.459 e. The van der Waals surface area contributed by atoms with E-state index in [1.807, 2.05) is 0 Å². The molecule has 12 heteroatoms. The van der Waals surface area contributed by atoms with Crippen LogP contribution < -0.4 is 5.32 Å². The van der Waals surface area contributed by atoms with Gasteiger partial charge >= 0.3 is 6.18 Å². The number of hydrogen-bond acceptors (Lipinski definition) is 7. The standard InChI is InChI=1S/C18H15F3N4O4S/c1-25(9-14(26)22-12-6-3-2-5-11(12)18(19,20)21)15(27)10-30-17-24-23-16(29-17)13-7-4-8-28-13/h2-8H,9-10H2,1H3,(H,22,26). The van der Waals surface area contributed by atoms with Crippen LogP contribution in [0.5, 0.6) is 0 Å². The Bertz CT molecular complexity index is 1020. The fourth-order valence-corrected chi connectivity index (χ4v) is 3.04. The van der Waals surface area contributed by atoms with Crippen molar-refractivity contribution in [3.63, 3.8) is 0 Å². The molecule has 0 aliphatic rings. The van der Waals surface area contributed by atoms with E-state index in [2.05, 4.69) is 15.5 Å². The van der Waals surface area contributed by atoms with Gasteiger partial charge in [0, 0.05) is 7.05 Å². The van der Waals surface area contributed by atoms with Gasteiger partial charge in [-0.1, -0.05) is 23.9 Å². The van der Waals surface area contributed by atoms with Crippen molar-refractivity contribution in [3.8, 4) is 11.7 Å². The minimum absolute atomic E-state index is 0.108. The Morgan fingerprint density at radius 3 is 2.63 bits per heavy atom. The van der Waals surface area contributed by atoms with E-state index in [1.165, 1.54) is 25.4 Å². The SMILES string of the molecule is CN(CC(=O)Nc1ccccc1C(F)(F)F)C(=O)CSc1nnc(-c2ccco2)o1. The van der Waals surface area contributed by atoms with Crippen LogP contribution in [0.3, 0.4) is 0 Å². The molecule has 3 rings (SSSR count). The van der Waals surface area contributed by atoms with Gasteiger partial charge < -0.3 is 19.1 Å². The maximum Gasteiger partial charge on any atom is 0.418 e. The highest BCUT2D eigenvalue weighted by molar-refractivity contribution is 7.99. The second-order valence-electron chi connectivity index (χ2n) is 5.98. The predicted molar refractivity (Wildman–Crippen MR) is 100 cm³/mol. The van der Waals surface area contributed by atoms with Gasteiger partial charge in [0.25, 0.3) is 11.1 Å². The number of para-hydroxylation sites is 1. The summed E-state index contributed by atoms with van der Waals surface area (Å²) in [5.74, 6) is -0.773. The van der Waals surface area contributed by atoms with Crippen molar-refractivity contribution in [1.82, 2.24) is 15.1 Å². The molecule has 0 aliphatic heterocycles. The second-order valence-corrected chi connectivity index (χ2v) is 6.91. The number of halogens is 3. The zero-order valence-corrected chi connectivity index (χ0v) is 16.3. The van der Waals surface area contributed by atoms with Gasteiger partial charge in [0.15, 0.2) is 5.76 Å².